The number of benzene rings is 1. The normalized spacial score (nSPS) is 10.7. The number of amides is 1. The van der Waals surface area contributed by atoms with Crippen LogP contribution in [0.2, 0.25) is 0 Å². The molecule has 22 heavy (non-hydrogen) atoms. The molecule has 0 heterocycles. The van der Waals surface area contributed by atoms with Crippen LogP contribution in [0.3, 0.4) is 0 Å². The van der Waals surface area contributed by atoms with Crippen molar-refractivity contribution in [2.45, 2.75) is 13.8 Å². The fraction of sp³-hybridized carbons (Fsp3) is 0.294. The summed E-state index contributed by atoms with van der Waals surface area (Å²) in [6.07, 6.45) is 3.11. The standard InChI is InChI=1S/C17H23N3O2/c1-5-12-18-14(4)20(13-6-2)16-10-8-15(9-11-16)19-17(21)22-7-3/h5-6,8-11H,1-2,7,12-13H2,3-4H3,(H,19,21). The van der Waals surface area contributed by atoms with E-state index in [4.69, 9.17) is 4.74 Å². The molecule has 0 aliphatic heterocycles. The summed E-state index contributed by atoms with van der Waals surface area (Å²) in [6, 6.07) is 7.47. The Morgan fingerprint density at radius 1 is 1.32 bits per heavy atom. The zero-order valence-electron chi connectivity index (χ0n) is 13.2. The molecule has 1 amide bonds. The molecule has 0 saturated carbocycles. The van der Waals surface area contributed by atoms with Crippen LogP contribution in [0, 0.1) is 0 Å². The van der Waals surface area contributed by atoms with Crippen LogP contribution in [-0.4, -0.2) is 31.6 Å². The molecular weight excluding hydrogens is 278 g/mol. The zero-order valence-corrected chi connectivity index (χ0v) is 13.2. The summed E-state index contributed by atoms with van der Waals surface area (Å²) >= 11 is 0. The molecule has 0 aliphatic rings. The first-order chi connectivity index (χ1) is 10.6. The Bertz CT molecular complexity index is 535. The molecule has 1 rings (SSSR count). The van der Waals surface area contributed by atoms with Crippen molar-refractivity contribution in [3.8, 4) is 0 Å². The van der Waals surface area contributed by atoms with Crippen LogP contribution in [0.1, 0.15) is 13.8 Å². The predicted octanol–water partition coefficient (Wildman–Crippen LogP) is 3.85. The molecular formula is C17H23N3O2. The van der Waals surface area contributed by atoms with Crippen LogP contribution in [0.4, 0.5) is 16.2 Å². The molecule has 0 radical (unpaired) electrons. The van der Waals surface area contributed by atoms with E-state index in [9.17, 15) is 4.79 Å². The van der Waals surface area contributed by atoms with E-state index in [0.717, 1.165) is 11.5 Å². The number of carbonyl (C=O) groups excluding carboxylic acids is 1. The molecule has 0 bridgehead atoms. The third-order valence-electron chi connectivity index (χ3n) is 2.85. The second-order valence-corrected chi connectivity index (χ2v) is 4.47. The van der Waals surface area contributed by atoms with Gasteiger partial charge in [-0.05, 0) is 38.1 Å². The molecule has 0 spiro atoms. The van der Waals surface area contributed by atoms with Crippen LogP contribution in [0.15, 0.2) is 54.6 Å². The summed E-state index contributed by atoms with van der Waals surface area (Å²) in [6.45, 7) is 12.7. The molecule has 1 aromatic carbocycles. The van der Waals surface area contributed by atoms with E-state index in [1.165, 1.54) is 0 Å². The van der Waals surface area contributed by atoms with Crippen molar-refractivity contribution in [2.75, 3.05) is 29.9 Å². The van der Waals surface area contributed by atoms with Gasteiger partial charge < -0.3 is 9.64 Å². The summed E-state index contributed by atoms with van der Waals surface area (Å²) in [7, 11) is 0. The van der Waals surface area contributed by atoms with E-state index in [2.05, 4.69) is 23.5 Å². The van der Waals surface area contributed by atoms with Gasteiger partial charge in [0.1, 0.15) is 5.84 Å². The molecule has 0 unspecified atom stereocenters. The summed E-state index contributed by atoms with van der Waals surface area (Å²) in [5, 5.41) is 2.66. The van der Waals surface area contributed by atoms with Crippen LogP contribution >= 0.6 is 0 Å². The Morgan fingerprint density at radius 2 is 2.00 bits per heavy atom. The van der Waals surface area contributed by atoms with Crippen LogP contribution in [0.25, 0.3) is 0 Å². The number of anilines is 2. The average Bonchev–Trinajstić information content (AvgIpc) is 2.51. The highest BCUT2D eigenvalue weighted by Crippen LogP contribution is 2.19. The third-order valence-corrected chi connectivity index (χ3v) is 2.85. The Kier molecular flexibility index (Phi) is 7.47. The second-order valence-electron chi connectivity index (χ2n) is 4.47. The van der Waals surface area contributed by atoms with Crippen LogP contribution < -0.4 is 10.2 Å². The highest BCUT2D eigenvalue weighted by molar-refractivity contribution is 5.96. The van der Waals surface area contributed by atoms with Gasteiger partial charge in [0.15, 0.2) is 0 Å². The summed E-state index contributed by atoms with van der Waals surface area (Å²) in [4.78, 5) is 17.8. The minimum atomic E-state index is -0.457. The predicted molar refractivity (Wildman–Crippen MR) is 92.8 cm³/mol. The van der Waals surface area contributed by atoms with Crippen molar-refractivity contribution in [1.29, 1.82) is 0 Å². The lowest BCUT2D eigenvalue weighted by Gasteiger charge is -2.23. The maximum Gasteiger partial charge on any atom is 0.411 e. The Morgan fingerprint density at radius 3 is 2.55 bits per heavy atom. The molecule has 0 aliphatic carbocycles. The van der Waals surface area contributed by atoms with Crippen molar-refractivity contribution in [1.82, 2.24) is 0 Å². The van der Waals surface area contributed by atoms with Crippen molar-refractivity contribution in [2.24, 2.45) is 4.99 Å². The maximum absolute atomic E-state index is 11.4. The zero-order chi connectivity index (χ0) is 16.4. The van der Waals surface area contributed by atoms with E-state index in [-0.39, 0.29) is 0 Å². The first-order valence-electron chi connectivity index (χ1n) is 7.16. The molecule has 0 atom stereocenters. The van der Waals surface area contributed by atoms with Crippen molar-refractivity contribution < 1.29 is 9.53 Å². The molecule has 118 valence electrons. The van der Waals surface area contributed by atoms with Crippen molar-refractivity contribution >= 4 is 23.3 Å². The largest absolute Gasteiger partial charge is 0.450 e. The van der Waals surface area contributed by atoms with Crippen LogP contribution in [-0.2, 0) is 4.74 Å². The quantitative estimate of drug-likeness (QED) is 0.473. The van der Waals surface area contributed by atoms with Gasteiger partial charge in [-0.25, -0.2) is 4.79 Å². The highest BCUT2D eigenvalue weighted by atomic mass is 16.5. The van der Waals surface area contributed by atoms with Gasteiger partial charge >= 0.3 is 6.09 Å². The molecule has 5 heteroatoms. The Balaban J connectivity index is 2.86. The van der Waals surface area contributed by atoms with Gasteiger partial charge in [-0.3, -0.25) is 10.3 Å². The SMILES string of the molecule is C=CCN=C(C)N(CC=C)c1ccc(NC(=O)OCC)cc1. The Labute approximate surface area is 132 Å². The monoisotopic (exact) mass is 301 g/mol. The second kappa shape index (κ2) is 9.39. The van der Waals surface area contributed by atoms with Gasteiger partial charge in [0, 0.05) is 17.9 Å². The maximum atomic E-state index is 11.4. The number of ether oxygens (including phenoxy) is 1. The van der Waals surface area contributed by atoms with E-state index in [1.54, 1.807) is 13.0 Å². The van der Waals surface area contributed by atoms with E-state index >= 15 is 0 Å². The summed E-state index contributed by atoms with van der Waals surface area (Å²) < 4.78 is 4.84. The van der Waals surface area contributed by atoms with E-state index < -0.39 is 6.09 Å². The first-order valence-corrected chi connectivity index (χ1v) is 7.16. The summed E-state index contributed by atoms with van der Waals surface area (Å²) in [5.74, 6) is 0.880. The molecule has 5 nitrogen and oxygen atoms in total. The molecule has 1 aromatic rings. The topological polar surface area (TPSA) is 53.9 Å². The fourth-order valence-electron chi connectivity index (χ4n) is 1.85. The van der Waals surface area contributed by atoms with Gasteiger partial charge in [-0.1, -0.05) is 12.2 Å². The smallest absolute Gasteiger partial charge is 0.411 e. The fourth-order valence-corrected chi connectivity index (χ4v) is 1.85. The molecule has 0 fully saturated rings. The summed E-state index contributed by atoms with van der Waals surface area (Å²) in [5.41, 5.74) is 1.65. The lowest BCUT2D eigenvalue weighted by Crippen LogP contribution is -2.29. The van der Waals surface area contributed by atoms with Gasteiger partial charge in [0.05, 0.1) is 13.2 Å². The molecule has 1 N–H and O–H groups in total. The number of hydrogen-bond acceptors (Lipinski definition) is 3. The van der Waals surface area contributed by atoms with E-state index in [1.807, 2.05) is 42.2 Å². The minimum absolute atomic E-state index is 0.343. The minimum Gasteiger partial charge on any atom is -0.450 e. The number of amidine groups is 1. The first kappa shape index (κ1) is 17.5. The number of nitrogens with one attached hydrogen (secondary N) is 1. The van der Waals surface area contributed by atoms with Gasteiger partial charge in [0.25, 0.3) is 0 Å². The van der Waals surface area contributed by atoms with Crippen molar-refractivity contribution in [3.05, 3.63) is 49.6 Å². The number of rotatable bonds is 7. The van der Waals surface area contributed by atoms with Gasteiger partial charge in [0.2, 0.25) is 0 Å². The lowest BCUT2D eigenvalue weighted by molar-refractivity contribution is 0.168. The van der Waals surface area contributed by atoms with Crippen molar-refractivity contribution in [3.63, 3.8) is 0 Å². The third kappa shape index (κ3) is 5.44. The molecule has 0 saturated heterocycles. The van der Waals surface area contributed by atoms with Gasteiger partial charge in [-0.2, -0.15) is 0 Å². The average molecular weight is 301 g/mol. The number of aliphatic imine (C=N–C) groups is 1. The number of hydrogen-bond donors (Lipinski definition) is 1. The van der Waals surface area contributed by atoms with Crippen LogP contribution in [0.5, 0.6) is 0 Å². The highest BCUT2D eigenvalue weighted by Gasteiger charge is 2.08. The molecule has 0 aromatic heterocycles. The number of nitrogens with zero attached hydrogens (tertiary/aromatic N) is 2. The lowest BCUT2D eigenvalue weighted by atomic mass is 10.2. The Hall–Kier alpha value is -2.56. The van der Waals surface area contributed by atoms with Gasteiger partial charge in [-0.15, -0.1) is 13.2 Å². The van der Waals surface area contributed by atoms with E-state index in [0.29, 0.717) is 25.4 Å². The number of carbonyl (C=O) groups is 1.